The molecule has 0 atom stereocenters. The lowest BCUT2D eigenvalue weighted by atomic mass is 9.70. The smallest absolute Gasteiger partial charge is 0.127 e. The van der Waals surface area contributed by atoms with E-state index in [1.54, 1.807) is 48.5 Å². The normalized spacial score (nSPS) is 11.5. The van der Waals surface area contributed by atoms with Crippen molar-refractivity contribution in [1.82, 2.24) is 0 Å². The summed E-state index contributed by atoms with van der Waals surface area (Å²) >= 11 is 0. The molecule has 0 aliphatic rings. The lowest BCUT2D eigenvalue weighted by molar-refractivity contribution is 0.409. The molecule has 4 rings (SSSR count). The first-order valence-electron chi connectivity index (χ1n) is 11.6. The summed E-state index contributed by atoms with van der Waals surface area (Å²) in [6.45, 7) is 4.19. The van der Waals surface area contributed by atoms with Crippen molar-refractivity contribution in [2.24, 2.45) is 0 Å². The van der Waals surface area contributed by atoms with Crippen LogP contribution in [0.15, 0.2) is 84.9 Å². The van der Waals surface area contributed by atoms with Crippen molar-refractivity contribution < 1.29 is 20.4 Å². The third-order valence-electron chi connectivity index (χ3n) is 6.65. The van der Waals surface area contributed by atoms with Gasteiger partial charge in [-0.1, -0.05) is 87.4 Å². The summed E-state index contributed by atoms with van der Waals surface area (Å²) in [4.78, 5) is 0. The van der Waals surface area contributed by atoms with Crippen LogP contribution < -0.4 is 0 Å². The first-order valence-corrected chi connectivity index (χ1v) is 11.6. The van der Waals surface area contributed by atoms with Crippen molar-refractivity contribution in [2.45, 2.75) is 38.5 Å². The van der Waals surface area contributed by atoms with Crippen LogP contribution in [0.3, 0.4) is 0 Å². The van der Waals surface area contributed by atoms with Crippen LogP contribution in [-0.2, 0) is 5.41 Å². The molecule has 0 unspecified atom stereocenters. The molecule has 0 aromatic heterocycles. The Balaban J connectivity index is 1.89. The molecule has 0 radical (unpaired) electrons. The Morgan fingerprint density at radius 3 is 1.38 bits per heavy atom. The SMILES string of the molecule is CCCCC(C)(c1cccc(-c2ccc(O)cc2)c1O)c1cccc(-c2ccc(O)cc2)c1O. The minimum Gasteiger partial charge on any atom is -0.508 e. The quantitative estimate of drug-likeness (QED) is 0.235. The molecule has 174 valence electrons. The Morgan fingerprint density at radius 1 is 0.588 bits per heavy atom. The zero-order chi connectivity index (χ0) is 24.3. The van der Waals surface area contributed by atoms with Gasteiger partial charge in [-0.05, 0) is 41.8 Å². The fraction of sp³-hybridized carbons (Fsp3) is 0.200. The molecule has 0 saturated heterocycles. The van der Waals surface area contributed by atoms with Gasteiger partial charge >= 0.3 is 0 Å². The average molecular weight is 455 g/mol. The van der Waals surface area contributed by atoms with Crippen molar-refractivity contribution >= 4 is 0 Å². The van der Waals surface area contributed by atoms with Crippen LogP contribution in [-0.4, -0.2) is 20.4 Å². The van der Waals surface area contributed by atoms with Crippen molar-refractivity contribution in [2.75, 3.05) is 0 Å². The van der Waals surface area contributed by atoms with Gasteiger partial charge in [-0.2, -0.15) is 0 Å². The highest BCUT2D eigenvalue weighted by atomic mass is 16.3. The Kier molecular flexibility index (Phi) is 6.51. The lowest BCUT2D eigenvalue weighted by Gasteiger charge is -2.33. The number of rotatable bonds is 7. The molecular weight excluding hydrogens is 424 g/mol. The summed E-state index contributed by atoms with van der Waals surface area (Å²) in [6, 6.07) is 24.9. The molecule has 0 aliphatic heterocycles. The molecule has 0 heterocycles. The minimum atomic E-state index is -0.649. The van der Waals surface area contributed by atoms with E-state index in [0.29, 0.717) is 11.1 Å². The number of aromatic hydroxyl groups is 4. The van der Waals surface area contributed by atoms with Crippen molar-refractivity contribution in [3.05, 3.63) is 96.1 Å². The van der Waals surface area contributed by atoms with E-state index in [2.05, 4.69) is 13.8 Å². The molecular formula is C30H30O4. The van der Waals surface area contributed by atoms with Gasteiger partial charge in [0.15, 0.2) is 0 Å². The summed E-state index contributed by atoms with van der Waals surface area (Å²) in [5, 5.41) is 42.2. The predicted octanol–water partition coefficient (Wildman–Crippen LogP) is 7.34. The van der Waals surface area contributed by atoms with Crippen LogP contribution in [0.2, 0.25) is 0 Å². The van der Waals surface area contributed by atoms with Gasteiger partial charge in [0, 0.05) is 27.7 Å². The van der Waals surface area contributed by atoms with Gasteiger partial charge in [-0.15, -0.1) is 0 Å². The van der Waals surface area contributed by atoms with Crippen LogP contribution >= 0.6 is 0 Å². The van der Waals surface area contributed by atoms with Crippen molar-refractivity contribution in [3.8, 4) is 45.3 Å². The van der Waals surface area contributed by atoms with E-state index in [0.717, 1.165) is 41.5 Å². The van der Waals surface area contributed by atoms with E-state index in [9.17, 15) is 20.4 Å². The fourth-order valence-electron chi connectivity index (χ4n) is 4.67. The third-order valence-corrected chi connectivity index (χ3v) is 6.65. The topological polar surface area (TPSA) is 80.9 Å². The zero-order valence-corrected chi connectivity index (χ0v) is 19.5. The van der Waals surface area contributed by atoms with E-state index < -0.39 is 5.41 Å². The molecule has 4 aromatic rings. The van der Waals surface area contributed by atoms with Gasteiger partial charge in [0.1, 0.15) is 23.0 Å². The van der Waals surface area contributed by atoms with E-state index >= 15 is 0 Å². The summed E-state index contributed by atoms with van der Waals surface area (Å²) in [7, 11) is 0. The maximum Gasteiger partial charge on any atom is 0.127 e. The molecule has 4 N–H and O–H groups in total. The number of hydrogen-bond donors (Lipinski definition) is 4. The Bertz CT molecular complexity index is 1180. The van der Waals surface area contributed by atoms with Gasteiger partial charge in [0.25, 0.3) is 0 Å². The molecule has 0 bridgehead atoms. The van der Waals surface area contributed by atoms with E-state index in [4.69, 9.17) is 0 Å². The number of benzene rings is 4. The van der Waals surface area contributed by atoms with Crippen LogP contribution in [0, 0.1) is 0 Å². The lowest BCUT2D eigenvalue weighted by Crippen LogP contribution is -2.24. The molecule has 34 heavy (non-hydrogen) atoms. The second-order valence-electron chi connectivity index (χ2n) is 8.93. The average Bonchev–Trinajstić information content (AvgIpc) is 2.84. The maximum atomic E-state index is 11.4. The summed E-state index contributed by atoms with van der Waals surface area (Å²) in [5.74, 6) is 0.675. The fourth-order valence-corrected chi connectivity index (χ4v) is 4.67. The number of phenols is 4. The standard InChI is InChI=1S/C30H30O4/c1-3-4-19-30(2,26-9-5-7-24(28(26)33)20-11-15-22(31)16-12-20)27-10-6-8-25(29(27)34)21-13-17-23(32)18-14-21/h5-18,31-34H,3-4,19H2,1-2H3. The van der Waals surface area contributed by atoms with Gasteiger partial charge in [-0.25, -0.2) is 0 Å². The van der Waals surface area contributed by atoms with Gasteiger partial charge in [-0.3, -0.25) is 0 Å². The van der Waals surface area contributed by atoms with Crippen LogP contribution in [0.5, 0.6) is 23.0 Å². The van der Waals surface area contributed by atoms with E-state index in [-0.39, 0.29) is 23.0 Å². The minimum absolute atomic E-state index is 0.168. The Hall–Kier alpha value is -3.92. The number of hydrogen-bond acceptors (Lipinski definition) is 4. The van der Waals surface area contributed by atoms with Gasteiger partial charge < -0.3 is 20.4 Å². The Labute approximate surface area is 200 Å². The number of para-hydroxylation sites is 2. The first-order chi connectivity index (χ1) is 16.3. The van der Waals surface area contributed by atoms with E-state index in [1.807, 2.05) is 36.4 Å². The van der Waals surface area contributed by atoms with Crippen LogP contribution in [0.1, 0.15) is 44.2 Å². The van der Waals surface area contributed by atoms with Crippen LogP contribution in [0.4, 0.5) is 0 Å². The second-order valence-corrected chi connectivity index (χ2v) is 8.93. The summed E-state index contributed by atoms with van der Waals surface area (Å²) in [6.07, 6.45) is 2.64. The maximum absolute atomic E-state index is 11.4. The second kappa shape index (κ2) is 9.52. The molecule has 0 fully saturated rings. The Morgan fingerprint density at radius 2 is 1.00 bits per heavy atom. The van der Waals surface area contributed by atoms with Crippen LogP contribution in [0.25, 0.3) is 22.3 Å². The third kappa shape index (κ3) is 4.32. The molecule has 0 saturated carbocycles. The molecule has 4 aromatic carbocycles. The highest BCUT2D eigenvalue weighted by molar-refractivity contribution is 5.76. The largest absolute Gasteiger partial charge is 0.508 e. The van der Waals surface area contributed by atoms with Gasteiger partial charge in [0.05, 0.1) is 0 Å². The molecule has 0 aliphatic carbocycles. The molecule has 0 amide bonds. The zero-order valence-electron chi connectivity index (χ0n) is 19.5. The predicted molar refractivity (Wildman–Crippen MR) is 136 cm³/mol. The molecule has 4 heteroatoms. The number of phenolic OH excluding ortho intramolecular Hbond substituents is 4. The van der Waals surface area contributed by atoms with E-state index in [1.165, 1.54) is 0 Å². The van der Waals surface area contributed by atoms with Crippen molar-refractivity contribution in [3.63, 3.8) is 0 Å². The summed E-state index contributed by atoms with van der Waals surface area (Å²) in [5.41, 5.74) is 3.79. The monoisotopic (exact) mass is 454 g/mol. The van der Waals surface area contributed by atoms with Gasteiger partial charge in [0.2, 0.25) is 0 Å². The van der Waals surface area contributed by atoms with Crippen molar-refractivity contribution in [1.29, 1.82) is 0 Å². The molecule has 0 spiro atoms. The highest BCUT2D eigenvalue weighted by Crippen LogP contribution is 2.49. The first kappa shape index (κ1) is 23.2. The molecule has 4 nitrogen and oxygen atoms in total. The summed E-state index contributed by atoms with van der Waals surface area (Å²) < 4.78 is 0. The number of unbranched alkanes of at least 4 members (excludes halogenated alkanes) is 1. The highest BCUT2D eigenvalue weighted by Gasteiger charge is 2.35.